The quantitative estimate of drug-likeness (QED) is 0.334. The molecule has 9 nitrogen and oxygen atoms in total. The summed E-state index contributed by atoms with van der Waals surface area (Å²) in [5.41, 5.74) is 5.80. The number of methoxy groups -OCH3 is 2. The van der Waals surface area contributed by atoms with Crippen molar-refractivity contribution in [3.8, 4) is 23.1 Å². The summed E-state index contributed by atoms with van der Waals surface area (Å²) in [6.07, 6.45) is 0.739. The molecule has 0 unspecified atom stereocenters. The number of nitrogens with zero attached hydrogens (tertiary/aromatic N) is 3. The lowest BCUT2D eigenvalue weighted by atomic mass is 10.0. The molecule has 0 saturated heterocycles. The van der Waals surface area contributed by atoms with Crippen LogP contribution >= 0.6 is 0 Å². The zero-order valence-electron chi connectivity index (χ0n) is 21.0. The summed E-state index contributed by atoms with van der Waals surface area (Å²) in [6, 6.07) is 15.6. The van der Waals surface area contributed by atoms with Crippen LogP contribution in [0, 0.1) is 18.2 Å². The van der Waals surface area contributed by atoms with Crippen LogP contribution in [-0.4, -0.2) is 36.0 Å². The third kappa shape index (κ3) is 4.45. The van der Waals surface area contributed by atoms with Crippen molar-refractivity contribution in [1.82, 2.24) is 9.97 Å². The first-order chi connectivity index (χ1) is 18.3. The van der Waals surface area contributed by atoms with Gasteiger partial charge in [-0.05, 0) is 74.4 Å². The molecule has 0 radical (unpaired) electrons. The summed E-state index contributed by atoms with van der Waals surface area (Å²) >= 11 is 0. The summed E-state index contributed by atoms with van der Waals surface area (Å²) in [5, 5.41) is 0.623. The van der Waals surface area contributed by atoms with Gasteiger partial charge in [0.2, 0.25) is 17.7 Å². The Balaban J connectivity index is 1.50. The topological polar surface area (TPSA) is 117 Å². The Hall–Kier alpha value is -4.73. The highest BCUT2D eigenvalue weighted by Gasteiger charge is 2.57. The average molecular weight is 517 g/mol. The maximum atomic E-state index is 13.6. The van der Waals surface area contributed by atoms with Gasteiger partial charge in [-0.25, -0.2) is 9.37 Å². The monoisotopic (exact) mass is 516 g/mol. The zero-order valence-corrected chi connectivity index (χ0v) is 21.0. The van der Waals surface area contributed by atoms with Gasteiger partial charge in [-0.1, -0.05) is 0 Å². The molecule has 2 amide bonds. The number of fused-ring (bicyclic) bond motifs is 1. The number of hydrogen-bond donors (Lipinski definition) is 1. The van der Waals surface area contributed by atoms with Gasteiger partial charge in [0.1, 0.15) is 22.8 Å². The molecule has 1 aromatic heterocycles. The van der Waals surface area contributed by atoms with Crippen LogP contribution < -0.4 is 24.8 Å². The molecular formula is C28H25FN4O5. The van der Waals surface area contributed by atoms with E-state index in [-0.39, 0.29) is 0 Å². The number of anilines is 2. The SMILES string of the molecule is COc1cc2nc(C)nc(Oc3ccc(N(C(=O)C4(C(N)=O)CC4)c4ccc(F)cc4)cc3)c2cc1OC. The molecule has 5 rings (SSSR count). The lowest BCUT2D eigenvalue weighted by molar-refractivity contribution is -0.133. The molecule has 10 heteroatoms. The van der Waals surface area contributed by atoms with Gasteiger partial charge in [-0.2, -0.15) is 4.98 Å². The Morgan fingerprint density at radius 1 is 0.921 bits per heavy atom. The Labute approximate surface area is 218 Å². The number of nitrogens with two attached hydrogens (primary N) is 1. The predicted octanol–water partition coefficient (Wildman–Crippen LogP) is 4.82. The number of hydrogen-bond acceptors (Lipinski definition) is 7. The van der Waals surface area contributed by atoms with Gasteiger partial charge in [0.05, 0.1) is 25.1 Å². The fourth-order valence-corrected chi connectivity index (χ4v) is 4.27. The molecule has 4 aromatic rings. The minimum Gasteiger partial charge on any atom is -0.493 e. The van der Waals surface area contributed by atoms with Crippen LogP contribution in [-0.2, 0) is 9.59 Å². The number of carbonyl (C=O) groups excluding carboxylic acids is 2. The van der Waals surface area contributed by atoms with Gasteiger partial charge in [0.25, 0.3) is 0 Å². The molecule has 1 aliphatic carbocycles. The van der Waals surface area contributed by atoms with E-state index in [1.165, 1.54) is 36.3 Å². The Morgan fingerprint density at radius 3 is 2.05 bits per heavy atom. The zero-order chi connectivity index (χ0) is 27.0. The number of ether oxygens (including phenoxy) is 3. The summed E-state index contributed by atoms with van der Waals surface area (Å²) in [6.45, 7) is 1.75. The molecular weight excluding hydrogens is 491 g/mol. The van der Waals surface area contributed by atoms with Crippen molar-refractivity contribution in [2.45, 2.75) is 19.8 Å². The van der Waals surface area contributed by atoms with Gasteiger partial charge in [0, 0.05) is 17.4 Å². The molecule has 0 aliphatic heterocycles. The lowest BCUT2D eigenvalue weighted by Crippen LogP contribution is -2.41. The Bertz CT molecular complexity index is 1540. The van der Waals surface area contributed by atoms with Crippen molar-refractivity contribution in [3.63, 3.8) is 0 Å². The Morgan fingerprint density at radius 2 is 1.50 bits per heavy atom. The highest BCUT2D eigenvalue weighted by atomic mass is 19.1. The van der Waals surface area contributed by atoms with Crippen molar-refractivity contribution >= 4 is 34.1 Å². The van der Waals surface area contributed by atoms with Gasteiger partial charge >= 0.3 is 0 Å². The standard InChI is InChI=1S/C28H25FN4O5/c1-16-31-22-15-24(37-3)23(36-2)14-21(22)25(32-16)38-20-10-8-19(9-11-20)33(18-6-4-17(29)5-7-18)27(35)28(12-13-28)26(30)34/h4-11,14-15H,12-13H2,1-3H3,(H2,30,34). The summed E-state index contributed by atoms with van der Waals surface area (Å²) in [4.78, 5) is 35.9. The smallest absolute Gasteiger partial charge is 0.247 e. The molecule has 3 aromatic carbocycles. The van der Waals surface area contributed by atoms with E-state index in [0.717, 1.165) is 0 Å². The molecule has 38 heavy (non-hydrogen) atoms. The van der Waals surface area contributed by atoms with E-state index in [1.54, 1.807) is 50.4 Å². The van der Waals surface area contributed by atoms with Crippen LogP contribution in [0.3, 0.4) is 0 Å². The van der Waals surface area contributed by atoms with E-state index in [9.17, 15) is 14.0 Å². The minimum absolute atomic E-state index is 0.318. The summed E-state index contributed by atoms with van der Waals surface area (Å²) < 4.78 is 30.5. The number of aromatic nitrogens is 2. The van der Waals surface area contributed by atoms with Gasteiger partial charge in [0.15, 0.2) is 11.5 Å². The van der Waals surface area contributed by atoms with E-state index < -0.39 is 23.0 Å². The van der Waals surface area contributed by atoms with E-state index in [1.807, 2.05) is 0 Å². The number of rotatable bonds is 8. The number of halogens is 1. The molecule has 0 spiro atoms. The largest absolute Gasteiger partial charge is 0.493 e. The minimum atomic E-state index is -1.26. The molecule has 1 aliphatic rings. The van der Waals surface area contributed by atoms with Crippen LogP contribution in [0.1, 0.15) is 18.7 Å². The highest BCUT2D eigenvalue weighted by molar-refractivity contribution is 6.16. The normalized spacial score (nSPS) is 13.6. The Kier molecular flexibility index (Phi) is 6.31. The second-order valence-corrected chi connectivity index (χ2v) is 8.96. The average Bonchev–Trinajstić information content (AvgIpc) is 3.72. The molecule has 0 bridgehead atoms. The molecule has 2 N–H and O–H groups in total. The third-order valence-electron chi connectivity index (χ3n) is 6.51. The van der Waals surface area contributed by atoms with Crippen molar-refractivity contribution in [2.75, 3.05) is 19.1 Å². The maximum absolute atomic E-state index is 13.6. The number of primary amides is 1. The van der Waals surface area contributed by atoms with Crippen molar-refractivity contribution in [2.24, 2.45) is 11.1 Å². The molecule has 1 fully saturated rings. The van der Waals surface area contributed by atoms with Crippen LogP contribution in [0.15, 0.2) is 60.7 Å². The second-order valence-electron chi connectivity index (χ2n) is 8.96. The molecule has 194 valence electrons. The molecule has 1 saturated carbocycles. The summed E-state index contributed by atoms with van der Waals surface area (Å²) in [5.74, 6) is 0.737. The summed E-state index contributed by atoms with van der Waals surface area (Å²) in [7, 11) is 3.08. The van der Waals surface area contributed by atoms with Crippen LogP contribution in [0.25, 0.3) is 10.9 Å². The molecule has 1 heterocycles. The first-order valence-corrected chi connectivity index (χ1v) is 11.8. The number of aryl methyl sites for hydroxylation is 1. The van der Waals surface area contributed by atoms with Crippen molar-refractivity contribution in [3.05, 3.63) is 72.3 Å². The predicted molar refractivity (Wildman–Crippen MR) is 138 cm³/mol. The fourth-order valence-electron chi connectivity index (χ4n) is 4.27. The van der Waals surface area contributed by atoms with Crippen molar-refractivity contribution in [1.29, 1.82) is 0 Å². The van der Waals surface area contributed by atoms with Crippen LogP contribution in [0.4, 0.5) is 15.8 Å². The number of amides is 2. The number of benzene rings is 3. The first-order valence-electron chi connectivity index (χ1n) is 11.8. The molecule has 0 atom stereocenters. The van der Waals surface area contributed by atoms with E-state index in [0.29, 0.717) is 64.1 Å². The fraction of sp³-hybridized carbons (Fsp3) is 0.214. The van der Waals surface area contributed by atoms with E-state index in [4.69, 9.17) is 19.9 Å². The van der Waals surface area contributed by atoms with Gasteiger partial charge in [-0.15, -0.1) is 0 Å². The van der Waals surface area contributed by atoms with E-state index in [2.05, 4.69) is 9.97 Å². The third-order valence-corrected chi connectivity index (χ3v) is 6.51. The van der Waals surface area contributed by atoms with Crippen LogP contribution in [0.5, 0.6) is 23.1 Å². The van der Waals surface area contributed by atoms with Crippen LogP contribution in [0.2, 0.25) is 0 Å². The van der Waals surface area contributed by atoms with E-state index >= 15 is 0 Å². The highest BCUT2D eigenvalue weighted by Crippen LogP contribution is 2.49. The maximum Gasteiger partial charge on any atom is 0.247 e. The van der Waals surface area contributed by atoms with Crippen molar-refractivity contribution < 1.29 is 28.2 Å². The second kappa shape index (κ2) is 9.62. The van der Waals surface area contributed by atoms with Gasteiger partial charge in [-0.3, -0.25) is 14.5 Å². The lowest BCUT2D eigenvalue weighted by Gasteiger charge is -2.26. The number of carbonyl (C=O) groups is 2. The van der Waals surface area contributed by atoms with Gasteiger partial charge < -0.3 is 19.9 Å². The first kappa shape index (κ1) is 24.9.